The van der Waals surface area contributed by atoms with Gasteiger partial charge in [-0.05, 0) is 43.4 Å². The molecule has 0 aromatic heterocycles. The van der Waals surface area contributed by atoms with Crippen LogP contribution < -0.4 is 5.32 Å². The molecule has 4 heteroatoms. The van der Waals surface area contributed by atoms with Crippen LogP contribution in [0.5, 0.6) is 0 Å². The highest BCUT2D eigenvalue weighted by atomic mass is 16.3. The quantitative estimate of drug-likeness (QED) is 0.733. The van der Waals surface area contributed by atoms with Gasteiger partial charge in [-0.25, -0.2) is 0 Å². The van der Waals surface area contributed by atoms with E-state index in [1.165, 1.54) is 5.56 Å². The van der Waals surface area contributed by atoms with Crippen LogP contribution in [0.2, 0.25) is 0 Å². The van der Waals surface area contributed by atoms with Gasteiger partial charge in [0, 0.05) is 5.56 Å². The number of carbonyl (C=O) groups excluding carboxylic acids is 1. The molecule has 3 N–H and O–H groups in total. The number of fused-ring (bicyclic) bond motifs is 1. The van der Waals surface area contributed by atoms with Crippen LogP contribution in [0.15, 0.2) is 18.2 Å². The van der Waals surface area contributed by atoms with Gasteiger partial charge in [0.1, 0.15) is 0 Å². The maximum Gasteiger partial charge on any atom is 0.252 e. The highest BCUT2D eigenvalue weighted by molar-refractivity contribution is 5.96. The van der Waals surface area contributed by atoms with Gasteiger partial charge in [0.05, 0.1) is 18.8 Å². The second-order valence-corrected chi connectivity index (χ2v) is 5.13. The van der Waals surface area contributed by atoms with Crippen LogP contribution in [0, 0.1) is 0 Å². The van der Waals surface area contributed by atoms with Gasteiger partial charge in [0.2, 0.25) is 0 Å². The van der Waals surface area contributed by atoms with Crippen molar-refractivity contribution < 1.29 is 15.0 Å². The number of aryl methyl sites for hydroxylation is 1. The summed E-state index contributed by atoms with van der Waals surface area (Å²) in [6.45, 7) is 1.04. The fraction of sp³-hybridized carbons (Fsp3) is 0.500. The fourth-order valence-corrected chi connectivity index (χ4v) is 2.30. The average molecular weight is 249 g/mol. The smallest absolute Gasteiger partial charge is 0.252 e. The highest BCUT2D eigenvalue weighted by Gasteiger charge is 2.27. The molecule has 0 atom stereocenters. The summed E-state index contributed by atoms with van der Waals surface area (Å²) in [5.41, 5.74) is 2.03. The van der Waals surface area contributed by atoms with Crippen molar-refractivity contribution in [3.8, 4) is 0 Å². The SMILES string of the molecule is CC(CO)(CO)NC(=O)c1cccc2c1CCC2. The molecular formula is C14H19NO3. The summed E-state index contributed by atoms with van der Waals surface area (Å²) in [7, 11) is 0. The summed E-state index contributed by atoms with van der Waals surface area (Å²) in [6.07, 6.45) is 3.03. The van der Waals surface area contributed by atoms with E-state index in [2.05, 4.69) is 11.4 Å². The summed E-state index contributed by atoms with van der Waals surface area (Å²) < 4.78 is 0. The van der Waals surface area contributed by atoms with Crippen LogP contribution in [0.3, 0.4) is 0 Å². The Morgan fingerprint density at radius 3 is 2.72 bits per heavy atom. The van der Waals surface area contributed by atoms with Gasteiger partial charge in [-0.1, -0.05) is 12.1 Å². The van der Waals surface area contributed by atoms with Crippen molar-refractivity contribution in [1.29, 1.82) is 0 Å². The largest absolute Gasteiger partial charge is 0.394 e. The van der Waals surface area contributed by atoms with Gasteiger partial charge in [0.15, 0.2) is 0 Å². The summed E-state index contributed by atoms with van der Waals surface area (Å²) in [5.74, 6) is -0.223. The summed E-state index contributed by atoms with van der Waals surface area (Å²) >= 11 is 0. The van der Waals surface area contributed by atoms with E-state index in [-0.39, 0.29) is 19.1 Å². The molecule has 0 spiro atoms. The Balaban J connectivity index is 2.22. The molecule has 1 aromatic carbocycles. The Morgan fingerprint density at radius 1 is 1.33 bits per heavy atom. The molecule has 0 aliphatic heterocycles. The topological polar surface area (TPSA) is 69.6 Å². The summed E-state index contributed by atoms with van der Waals surface area (Å²) in [4.78, 5) is 12.2. The number of amides is 1. The van der Waals surface area contributed by atoms with Crippen molar-refractivity contribution in [3.63, 3.8) is 0 Å². The molecule has 0 saturated heterocycles. The Morgan fingerprint density at radius 2 is 2.06 bits per heavy atom. The lowest BCUT2D eigenvalue weighted by Gasteiger charge is -2.26. The zero-order chi connectivity index (χ0) is 13.2. The maximum atomic E-state index is 12.2. The van der Waals surface area contributed by atoms with Crippen LogP contribution in [0.25, 0.3) is 0 Å². The van der Waals surface area contributed by atoms with E-state index >= 15 is 0 Å². The monoisotopic (exact) mass is 249 g/mol. The minimum atomic E-state index is -0.974. The second kappa shape index (κ2) is 5.08. The van der Waals surface area contributed by atoms with Gasteiger partial charge in [-0.3, -0.25) is 4.79 Å². The van der Waals surface area contributed by atoms with E-state index in [1.54, 1.807) is 13.0 Å². The molecule has 1 aliphatic rings. The van der Waals surface area contributed by atoms with E-state index < -0.39 is 5.54 Å². The molecule has 4 nitrogen and oxygen atoms in total. The molecule has 2 rings (SSSR count). The molecule has 0 radical (unpaired) electrons. The lowest BCUT2D eigenvalue weighted by atomic mass is 10.00. The molecular weight excluding hydrogens is 230 g/mol. The third kappa shape index (κ3) is 2.40. The second-order valence-electron chi connectivity index (χ2n) is 5.13. The molecule has 98 valence electrons. The summed E-state index contributed by atoms with van der Waals surface area (Å²) in [6, 6.07) is 5.74. The predicted molar refractivity (Wildman–Crippen MR) is 68.5 cm³/mol. The summed E-state index contributed by atoms with van der Waals surface area (Å²) in [5, 5.41) is 21.1. The highest BCUT2D eigenvalue weighted by Crippen LogP contribution is 2.25. The van der Waals surface area contributed by atoms with Gasteiger partial charge in [-0.2, -0.15) is 0 Å². The molecule has 0 heterocycles. The van der Waals surface area contributed by atoms with Crippen molar-refractivity contribution in [1.82, 2.24) is 5.32 Å². The van der Waals surface area contributed by atoms with E-state index in [4.69, 9.17) is 0 Å². The molecule has 1 aliphatic carbocycles. The molecule has 1 amide bonds. The Kier molecular flexibility index (Phi) is 3.68. The first kappa shape index (κ1) is 13.1. The van der Waals surface area contributed by atoms with Crippen LogP contribution in [-0.4, -0.2) is 34.9 Å². The van der Waals surface area contributed by atoms with Crippen molar-refractivity contribution in [2.45, 2.75) is 31.7 Å². The number of hydrogen-bond donors (Lipinski definition) is 3. The first-order valence-electron chi connectivity index (χ1n) is 6.24. The molecule has 0 saturated carbocycles. The normalized spacial score (nSPS) is 14.4. The third-order valence-corrected chi connectivity index (χ3v) is 3.50. The zero-order valence-corrected chi connectivity index (χ0v) is 10.6. The predicted octanol–water partition coefficient (Wildman–Crippen LogP) is 0.648. The van der Waals surface area contributed by atoms with E-state index in [0.717, 1.165) is 24.8 Å². The van der Waals surface area contributed by atoms with Crippen molar-refractivity contribution in [3.05, 3.63) is 34.9 Å². The minimum absolute atomic E-state index is 0.223. The van der Waals surface area contributed by atoms with E-state index in [1.807, 2.05) is 6.07 Å². The van der Waals surface area contributed by atoms with Crippen LogP contribution in [0.1, 0.15) is 34.8 Å². The first-order chi connectivity index (χ1) is 8.59. The Labute approximate surface area is 107 Å². The number of aliphatic hydroxyl groups excluding tert-OH is 2. The van der Waals surface area contributed by atoms with Gasteiger partial charge in [0.25, 0.3) is 5.91 Å². The fourth-order valence-electron chi connectivity index (χ4n) is 2.30. The molecule has 0 unspecified atom stereocenters. The number of aliphatic hydroxyl groups is 2. The van der Waals surface area contributed by atoms with Crippen LogP contribution in [-0.2, 0) is 12.8 Å². The van der Waals surface area contributed by atoms with E-state index in [0.29, 0.717) is 5.56 Å². The van der Waals surface area contributed by atoms with E-state index in [9.17, 15) is 15.0 Å². The van der Waals surface area contributed by atoms with Gasteiger partial charge >= 0.3 is 0 Å². The van der Waals surface area contributed by atoms with Crippen LogP contribution >= 0.6 is 0 Å². The lowest BCUT2D eigenvalue weighted by molar-refractivity contribution is 0.0723. The number of rotatable bonds is 4. The number of carbonyl (C=O) groups is 1. The van der Waals surface area contributed by atoms with Crippen molar-refractivity contribution >= 4 is 5.91 Å². The minimum Gasteiger partial charge on any atom is -0.394 e. The van der Waals surface area contributed by atoms with Gasteiger partial charge in [-0.15, -0.1) is 0 Å². The van der Waals surface area contributed by atoms with Gasteiger partial charge < -0.3 is 15.5 Å². The number of benzene rings is 1. The Bertz CT molecular complexity index is 452. The molecule has 18 heavy (non-hydrogen) atoms. The Hall–Kier alpha value is -1.39. The average Bonchev–Trinajstić information content (AvgIpc) is 2.86. The number of nitrogens with one attached hydrogen (secondary N) is 1. The maximum absolute atomic E-state index is 12.2. The van der Waals surface area contributed by atoms with Crippen LogP contribution in [0.4, 0.5) is 0 Å². The van der Waals surface area contributed by atoms with Crippen molar-refractivity contribution in [2.24, 2.45) is 0 Å². The number of hydrogen-bond acceptors (Lipinski definition) is 3. The van der Waals surface area contributed by atoms with Crippen molar-refractivity contribution in [2.75, 3.05) is 13.2 Å². The molecule has 0 fully saturated rings. The zero-order valence-electron chi connectivity index (χ0n) is 10.6. The molecule has 1 aromatic rings. The lowest BCUT2D eigenvalue weighted by Crippen LogP contribution is -2.51. The molecule has 0 bridgehead atoms. The standard InChI is InChI=1S/C14H19NO3/c1-14(8-16,9-17)15-13(18)12-7-3-5-10-4-2-6-11(10)12/h3,5,7,16-17H,2,4,6,8-9H2,1H3,(H,15,18). The third-order valence-electron chi connectivity index (χ3n) is 3.50. The first-order valence-corrected chi connectivity index (χ1v) is 6.24.